The highest BCUT2D eigenvalue weighted by molar-refractivity contribution is 5.82. The molecule has 0 fully saturated rings. The van der Waals surface area contributed by atoms with Crippen LogP contribution in [0.25, 0.3) is 0 Å². The number of ether oxygens (including phenoxy) is 2. The predicted molar refractivity (Wildman–Crippen MR) is 95.1 cm³/mol. The average Bonchev–Trinajstić information content (AvgIpc) is 2.60. The van der Waals surface area contributed by atoms with Crippen molar-refractivity contribution in [2.45, 2.75) is 84.0 Å². The van der Waals surface area contributed by atoms with Gasteiger partial charge in [-0.25, -0.2) is 0 Å². The van der Waals surface area contributed by atoms with Gasteiger partial charge in [-0.2, -0.15) is 0 Å². The van der Waals surface area contributed by atoms with Crippen LogP contribution in [-0.4, -0.2) is 42.6 Å². The number of aliphatic hydroxyl groups excluding tert-OH is 1. The first kappa shape index (κ1) is 23.6. The summed E-state index contributed by atoms with van der Waals surface area (Å²) >= 11 is 0. The lowest BCUT2D eigenvalue weighted by Gasteiger charge is -2.06. The molecule has 1 N–H and O–H groups in total. The summed E-state index contributed by atoms with van der Waals surface area (Å²) in [5.74, 6) is -0.447. The Labute approximate surface area is 151 Å². The van der Waals surface area contributed by atoms with Gasteiger partial charge in [-0.1, -0.05) is 26.2 Å². The number of carbonyl (C=O) groups excluding carboxylic acids is 3. The van der Waals surface area contributed by atoms with E-state index in [-0.39, 0.29) is 43.8 Å². The minimum atomic E-state index is -0.343. The van der Waals surface area contributed by atoms with Crippen molar-refractivity contribution < 1.29 is 29.0 Å². The van der Waals surface area contributed by atoms with Crippen LogP contribution in [0.1, 0.15) is 84.0 Å². The fourth-order valence-electron chi connectivity index (χ4n) is 2.22. The van der Waals surface area contributed by atoms with Crippen molar-refractivity contribution in [2.24, 2.45) is 0 Å². The quantitative estimate of drug-likeness (QED) is 0.317. The molecule has 6 nitrogen and oxygen atoms in total. The van der Waals surface area contributed by atoms with Crippen LogP contribution in [0.2, 0.25) is 0 Å². The maximum Gasteiger partial charge on any atom is 0.306 e. The second-order valence-electron chi connectivity index (χ2n) is 6.18. The monoisotopic (exact) mass is 358 g/mol. The molecule has 0 bridgehead atoms. The zero-order valence-electron chi connectivity index (χ0n) is 15.6. The minimum absolute atomic E-state index is 0.122. The Morgan fingerprint density at radius 3 is 1.88 bits per heavy atom. The Morgan fingerprint density at radius 1 is 0.680 bits per heavy atom. The summed E-state index contributed by atoms with van der Waals surface area (Å²) < 4.78 is 10.1. The Kier molecular flexibility index (Phi) is 16.4. The third-order valence-electron chi connectivity index (χ3n) is 3.77. The Hall–Kier alpha value is -1.43. The second kappa shape index (κ2) is 17.4. The van der Waals surface area contributed by atoms with Crippen molar-refractivity contribution in [1.29, 1.82) is 0 Å². The summed E-state index contributed by atoms with van der Waals surface area (Å²) in [6.07, 6.45) is 7.89. The van der Waals surface area contributed by atoms with Crippen LogP contribution in [0.3, 0.4) is 0 Å². The van der Waals surface area contributed by atoms with Gasteiger partial charge < -0.3 is 14.6 Å². The Bertz CT molecular complexity index is 367. The fourth-order valence-corrected chi connectivity index (χ4v) is 2.22. The molecule has 0 aliphatic heterocycles. The third kappa shape index (κ3) is 17.2. The van der Waals surface area contributed by atoms with Crippen LogP contribution in [0.4, 0.5) is 0 Å². The van der Waals surface area contributed by atoms with Gasteiger partial charge in [-0.15, -0.1) is 0 Å². The topological polar surface area (TPSA) is 89.9 Å². The van der Waals surface area contributed by atoms with Gasteiger partial charge in [-0.3, -0.25) is 14.4 Å². The van der Waals surface area contributed by atoms with Gasteiger partial charge in [0.1, 0.15) is 5.78 Å². The maximum atomic E-state index is 11.5. The summed E-state index contributed by atoms with van der Waals surface area (Å²) in [5.41, 5.74) is 0. The molecule has 0 aromatic rings. The molecule has 0 aromatic heterocycles. The van der Waals surface area contributed by atoms with Crippen LogP contribution in [0.15, 0.2) is 0 Å². The zero-order chi connectivity index (χ0) is 18.8. The smallest absolute Gasteiger partial charge is 0.306 e. The lowest BCUT2D eigenvalue weighted by atomic mass is 10.1. The molecular weight excluding hydrogens is 324 g/mol. The summed E-state index contributed by atoms with van der Waals surface area (Å²) in [7, 11) is 0. The largest absolute Gasteiger partial charge is 0.466 e. The van der Waals surface area contributed by atoms with Crippen LogP contribution in [0, 0.1) is 0 Å². The number of rotatable bonds is 17. The standard InChI is InChI=1S/C19H34O6/c1-2-3-5-10-17(21)12-13-19(23)25-16-9-8-15-24-18(22)11-6-4-7-14-20/h20H,2-16H2,1H3. The molecule has 146 valence electrons. The third-order valence-corrected chi connectivity index (χ3v) is 3.77. The molecule has 25 heavy (non-hydrogen) atoms. The second-order valence-corrected chi connectivity index (χ2v) is 6.18. The molecule has 0 unspecified atom stereocenters. The van der Waals surface area contributed by atoms with Crippen LogP contribution >= 0.6 is 0 Å². The van der Waals surface area contributed by atoms with Crippen molar-refractivity contribution in [3.8, 4) is 0 Å². The van der Waals surface area contributed by atoms with Gasteiger partial charge in [-0.05, 0) is 32.1 Å². The van der Waals surface area contributed by atoms with Crippen LogP contribution < -0.4 is 0 Å². The van der Waals surface area contributed by atoms with Gasteiger partial charge >= 0.3 is 11.9 Å². The minimum Gasteiger partial charge on any atom is -0.466 e. The number of unbranched alkanes of at least 4 members (excludes halogenated alkanes) is 5. The molecule has 6 heteroatoms. The van der Waals surface area contributed by atoms with E-state index < -0.39 is 0 Å². The van der Waals surface area contributed by atoms with Gasteiger partial charge in [0.15, 0.2) is 0 Å². The fraction of sp³-hybridized carbons (Fsp3) is 0.842. The summed E-state index contributed by atoms with van der Waals surface area (Å²) in [6.45, 7) is 2.85. The zero-order valence-corrected chi connectivity index (χ0v) is 15.6. The number of esters is 2. The van der Waals surface area contributed by atoms with Gasteiger partial charge in [0.25, 0.3) is 0 Å². The van der Waals surface area contributed by atoms with Crippen molar-refractivity contribution >= 4 is 17.7 Å². The molecule has 0 aliphatic rings. The number of hydrogen-bond donors (Lipinski definition) is 1. The summed E-state index contributed by atoms with van der Waals surface area (Å²) in [4.78, 5) is 34.4. The molecule has 0 rings (SSSR count). The summed E-state index contributed by atoms with van der Waals surface area (Å²) in [5, 5.41) is 8.63. The number of carbonyl (C=O) groups is 3. The van der Waals surface area contributed by atoms with Crippen molar-refractivity contribution in [1.82, 2.24) is 0 Å². The van der Waals surface area contributed by atoms with Crippen molar-refractivity contribution in [3.05, 3.63) is 0 Å². The van der Waals surface area contributed by atoms with Crippen molar-refractivity contribution in [2.75, 3.05) is 19.8 Å². The molecular formula is C19H34O6. The van der Waals surface area contributed by atoms with Gasteiger partial charge in [0, 0.05) is 25.9 Å². The molecule has 0 saturated carbocycles. The summed E-state index contributed by atoms with van der Waals surface area (Å²) in [6, 6.07) is 0. The lowest BCUT2D eigenvalue weighted by Crippen LogP contribution is -2.10. The first-order chi connectivity index (χ1) is 12.1. The molecule has 0 radical (unpaired) electrons. The normalized spacial score (nSPS) is 10.5. The highest BCUT2D eigenvalue weighted by atomic mass is 16.5. The van der Waals surface area contributed by atoms with E-state index in [4.69, 9.17) is 14.6 Å². The first-order valence-corrected chi connectivity index (χ1v) is 9.54. The Balaban J connectivity index is 3.42. The van der Waals surface area contributed by atoms with Gasteiger partial charge in [0.2, 0.25) is 0 Å². The van der Waals surface area contributed by atoms with E-state index in [2.05, 4.69) is 6.92 Å². The highest BCUT2D eigenvalue weighted by Crippen LogP contribution is 2.05. The van der Waals surface area contributed by atoms with E-state index in [9.17, 15) is 14.4 Å². The lowest BCUT2D eigenvalue weighted by molar-refractivity contribution is -0.146. The number of aliphatic hydroxyl groups is 1. The highest BCUT2D eigenvalue weighted by Gasteiger charge is 2.08. The molecule has 0 aliphatic carbocycles. The number of hydrogen-bond acceptors (Lipinski definition) is 6. The van der Waals surface area contributed by atoms with E-state index in [1.54, 1.807) is 0 Å². The van der Waals surface area contributed by atoms with E-state index in [0.29, 0.717) is 38.7 Å². The number of ketones is 1. The average molecular weight is 358 g/mol. The van der Waals surface area contributed by atoms with Crippen molar-refractivity contribution in [3.63, 3.8) is 0 Å². The van der Waals surface area contributed by atoms with E-state index in [1.165, 1.54) is 0 Å². The molecule has 0 aromatic carbocycles. The molecule has 0 saturated heterocycles. The van der Waals surface area contributed by atoms with Crippen LogP contribution in [0.5, 0.6) is 0 Å². The first-order valence-electron chi connectivity index (χ1n) is 9.54. The Morgan fingerprint density at radius 2 is 1.28 bits per heavy atom. The van der Waals surface area contributed by atoms with Crippen LogP contribution in [-0.2, 0) is 23.9 Å². The molecule has 0 heterocycles. The molecule has 0 spiro atoms. The van der Waals surface area contributed by atoms with Gasteiger partial charge in [0.05, 0.1) is 19.6 Å². The predicted octanol–water partition coefficient (Wildman–Crippen LogP) is 3.34. The number of Topliss-reactive ketones (excluding diaryl/α,β-unsaturated/α-hetero) is 1. The van der Waals surface area contributed by atoms with E-state index in [1.807, 2.05) is 0 Å². The van der Waals surface area contributed by atoms with E-state index >= 15 is 0 Å². The SMILES string of the molecule is CCCCCC(=O)CCC(=O)OCCCCOC(=O)CCCCCO. The van der Waals surface area contributed by atoms with E-state index in [0.717, 1.165) is 32.1 Å². The maximum absolute atomic E-state index is 11.5. The molecule has 0 amide bonds. The molecule has 0 atom stereocenters.